The highest BCUT2D eigenvalue weighted by molar-refractivity contribution is 7.81. The van der Waals surface area contributed by atoms with Crippen molar-refractivity contribution in [2.24, 2.45) is 0 Å². The van der Waals surface area contributed by atoms with Crippen molar-refractivity contribution in [2.45, 2.75) is 17.6 Å². The third kappa shape index (κ3) is 1.62. The van der Waals surface area contributed by atoms with E-state index >= 15 is 0 Å². The number of aromatic nitrogens is 1. The largest absolute Gasteiger partial charge is 0.302 e. The molecule has 0 aliphatic carbocycles. The van der Waals surface area contributed by atoms with Gasteiger partial charge in [-0.1, -0.05) is 6.92 Å². The van der Waals surface area contributed by atoms with Gasteiger partial charge in [-0.15, -0.1) is 11.3 Å². The van der Waals surface area contributed by atoms with E-state index in [0.717, 1.165) is 11.4 Å². The molecule has 1 N–H and O–H groups in total. The molecule has 0 spiro atoms. The standard InChI is InChI=1S/C5H7NO2S2/c1-2-4-6-3-5(9-4)10(7)8/h3H,2H2,1H3,(H,7,8). The summed E-state index contributed by atoms with van der Waals surface area (Å²) < 4.78 is 19.4. The van der Waals surface area contributed by atoms with Crippen molar-refractivity contribution in [3.63, 3.8) is 0 Å². The first-order chi connectivity index (χ1) is 4.74. The van der Waals surface area contributed by atoms with Gasteiger partial charge in [0.15, 0.2) is 11.1 Å². The molecule has 1 atom stereocenters. The lowest BCUT2D eigenvalue weighted by Gasteiger charge is -1.81. The number of thiazole rings is 1. The molecule has 0 aromatic carbocycles. The van der Waals surface area contributed by atoms with Gasteiger partial charge in [-0.2, -0.15) is 0 Å². The van der Waals surface area contributed by atoms with Gasteiger partial charge in [-0.05, 0) is 6.42 Å². The summed E-state index contributed by atoms with van der Waals surface area (Å²) in [5.41, 5.74) is 0. The van der Waals surface area contributed by atoms with E-state index in [2.05, 4.69) is 4.98 Å². The molecule has 1 unspecified atom stereocenters. The van der Waals surface area contributed by atoms with Gasteiger partial charge in [-0.3, -0.25) is 0 Å². The molecule has 0 amide bonds. The van der Waals surface area contributed by atoms with Crippen molar-refractivity contribution in [2.75, 3.05) is 0 Å². The fourth-order valence-corrected chi connectivity index (χ4v) is 1.84. The van der Waals surface area contributed by atoms with Crippen molar-refractivity contribution in [3.8, 4) is 0 Å². The molecule has 3 nitrogen and oxygen atoms in total. The van der Waals surface area contributed by atoms with Crippen molar-refractivity contribution < 1.29 is 8.76 Å². The fraction of sp³-hybridized carbons (Fsp3) is 0.400. The van der Waals surface area contributed by atoms with Crippen LogP contribution >= 0.6 is 11.3 Å². The summed E-state index contributed by atoms with van der Waals surface area (Å²) in [4.78, 5) is 3.92. The van der Waals surface area contributed by atoms with Crippen LogP contribution in [-0.2, 0) is 17.5 Å². The Morgan fingerprint density at radius 2 is 2.60 bits per heavy atom. The van der Waals surface area contributed by atoms with E-state index < -0.39 is 11.1 Å². The minimum absolute atomic E-state index is 0.428. The molecule has 56 valence electrons. The summed E-state index contributed by atoms with van der Waals surface area (Å²) in [6, 6.07) is 0. The highest BCUT2D eigenvalue weighted by Gasteiger charge is 2.03. The Morgan fingerprint density at radius 1 is 1.90 bits per heavy atom. The monoisotopic (exact) mass is 177 g/mol. The van der Waals surface area contributed by atoms with E-state index in [-0.39, 0.29) is 0 Å². The van der Waals surface area contributed by atoms with Crippen LogP contribution in [0.3, 0.4) is 0 Å². The lowest BCUT2D eigenvalue weighted by molar-refractivity contribution is 0.566. The fourth-order valence-electron chi connectivity index (χ4n) is 0.538. The van der Waals surface area contributed by atoms with Crippen LogP contribution < -0.4 is 0 Å². The van der Waals surface area contributed by atoms with Crippen molar-refractivity contribution >= 4 is 22.4 Å². The Kier molecular flexibility index (Phi) is 2.53. The zero-order valence-corrected chi connectivity index (χ0v) is 7.04. The maximum absolute atomic E-state index is 10.4. The Morgan fingerprint density at radius 3 is 2.90 bits per heavy atom. The number of hydrogen-bond donors (Lipinski definition) is 1. The Labute approximate surface area is 65.4 Å². The summed E-state index contributed by atoms with van der Waals surface area (Å²) in [5.74, 6) is 0. The van der Waals surface area contributed by atoms with Gasteiger partial charge in [0.1, 0.15) is 4.21 Å². The SMILES string of the molecule is CCc1ncc(S(=O)O)s1. The van der Waals surface area contributed by atoms with Crippen LogP contribution in [0.15, 0.2) is 10.4 Å². The lowest BCUT2D eigenvalue weighted by Crippen LogP contribution is -1.80. The van der Waals surface area contributed by atoms with E-state index in [1.54, 1.807) is 0 Å². The second-order valence-corrected chi connectivity index (χ2v) is 3.99. The smallest absolute Gasteiger partial charge is 0.198 e. The first-order valence-corrected chi connectivity index (χ1v) is 4.72. The van der Waals surface area contributed by atoms with E-state index in [4.69, 9.17) is 4.55 Å². The highest BCUT2D eigenvalue weighted by atomic mass is 32.2. The topological polar surface area (TPSA) is 50.2 Å². The molecule has 0 saturated heterocycles. The van der Waals surface area contributed by atoms with Crippen LogP contribution in [0, 0.1) is 0 Å². The number of rotatable bonds is 2. The van der Waals surface area contributed by atoms with Crippen LogP contribution in [0.4, 0.5) is 0 Å². The second-order valence-electron chi connectivity index (χ2n) is 1.68. The molecule has 0 fully saturated rings. The maximum atomic E-state index is 10.4. The van der Waals surface area contributed by atoms with Crippen molar-refractivity contribution in [1.29, 1.82) is 0 Å². The van der Waals surface area contributed by atoms with Crippen LogP contribution in [-0.4, -0.2) is 13.7 Å². The molecule has 0 saturated carbocycles. The predicted molar refractivity (Wildman–Crippen MR) is 40.5 cm³/mol. The molecular weight excluding hydrogens is 170 g/mol. The van der Waals surface area contributed by atoms with Crippen molar-refractivity contribution in [3.05, 3.63) is 11.2 Å². The lowest BCUT2D eigenvalue weighted by atomic mass is 10.5. The molecule has 1 aromatic rings. The summed E-state index contributed by atoms with van der Waals surface area (Å²) in [5, 5.41) is 0.900. The average Bonchev–Trinajstić information content (AvgIpc) is 2.34. The average molecular weight is 177 g/mol. The molecular formula is C5H7NO2S2. The number of nitrogens with zero attached hydrogens (tertiary/aromatic N) is 1. The third-order valence-corrected chi connectivity index (χ3v) is 3.07. The molecule has 10 heavy (non-hydrogen) atoms. The molecule has 1 heterocycles. The Hall–Kier alpha value is -0.260. The molecule has 5 heteroatoms. The Bertz CT molecular complexity index is 246. The van der Waals surface area contributed by atoms with Gasteiger partial charge >= 0.3 is 0 Å². The quantitative estimate of drug-likeness (QED) is 0.692. The number of hydrogen-bond acceptors (Lipinski definition) is 3. The minimum Gasteiger partial charge on any atom is -0.302 e. The van der Waals surface area contributed by atoms with Crippen LogP contribution in [0.1, 0.15) is 11.9 Å². The zero-order chi connectivity index (χ0) is 7.56. The number of aryl methyl sites for hydroxylation is 1. The molecule has 1 rings (SSSR count). The van der Waals surface area contributed by atoms with Crippen LogP contribution in [0.2, 0.25) is 0 Å². The van der Waals surface area contributed by atoms with Gasteiger partial charge in [-0.25, -0.2) is 9.19 Å². The van der Waals surface area contributed by atoms with Crippen molar-refractivity contribution in [1.82, 2.24) is 4.98 Å². The summed E-state index contributed by atoms with van der Waals surface area (Å²) >= 11 is -0.574. The summed E-state index contributed by atoms with van der Waals surface area (Å²) in [7, 11) is 0. The van der Waals surface area contributed by atoms with Gasteiger partial charge in [0.05, 0.1) is 11.2 Å². The zero-order valence-electron chi connectivity index (χ0n) is 5.40. The first kappa shape index (κ1) is 7.84. The summed E-state index contributed by atoms with van der Waals surface area (Å²) in [6.45, 7) is 1.96. The molecule has 0 aliphatic heterocycles. The summed E-state index contributed by atoms with van der Waals surface area (Å²) in [6.07, 6.45) is 2.27. The van der Waals surface area contributed by atoms with Gasteiger partial charge in [0.25, 0.3) is 0 Å². The molecule has 1 aromatic heterocycles. The molecule has 0 bridgehead atoms. The maximum Gasteiger partial charge on any atom is 0.198 e. The van der Waals surface area contributed by atoms with Crippen LogP contribution in [0.25, 0.3) is 0 Å². The van der Waals surface area contributed by atoms with Gasteiger partial charge in [0.2, 0.25) is 0 Å². The normalized spacial score (nSPS) is 13.4. The predicted octanol–water partition coefficient (Wildman–Crippen LogP) is 1.29. The van der Waals surface area contributed by atoms with E-state index in [1.165, 1.54) is 17.5 Å². The van der Waals surface area contributed by atoms with E-state index in [0.29, 0.717) is 4.21 Å². The van der Waals surface area contributed by atoms with E-state index in [1.807, 2.05) is 6.92 Å². The van der Waals surface area contributed by atoms with Gasteiger partial charge < -0.3 is 4.55 Å². The highest BCUT2D eigenvalue weighted by Crippen LogP contribution is 2.15. The minimum atomic E-state index is -1.85. The molecule has 0 aliphatic rings. The third-order valence-electron chi connectivity index (χ3n) is 1.01. The van der Waals surface area contributed by atoms with Gasteiger partial charge in [0, 0.05) is 0 Å². The first-order valence-electron chi connectivity index (χ1n) is 2.79. The molecule has 0 radical (unpaired) electrons. The Balaban J connectivity index is 2.88. The second kappa shape index (κ2) is 3.23. The van der Waals surface area contributed by atoms with Crippen LogP contribution in [0.5, 0.6) is 0 Å². The van der Waals surface area contributed by atoms with E-state index in [9.17, 15) is 4.21 Å².